The first-order chi connectivity index (χ1) is 8.56. The SMILES string of the molecule is CCOC(=O)c1cnc2c(C)c(C)ccc2c1Cl. The van der Waals surface area contributed by atoms with Crippen LogP contribution in [0.2, 0.25) is 5.02 Å². The predicted octanol–water partition coefficient (Wildman–Crippen LogP) is 3.68. The molecule has 1 aromatic heterocycles. The third-order valence-electron chi connectivity index (χ3n) is 2.99. The molecule has 0 spiro atoms. The summed E-state index contributed by atoms with van der Waals surface area (Å²) in [4.78, 5) is 16.0. The number of ether oxygens (including phenoxy) is 1. The molecule has 0 fully saturated rings. The number of esters is 1. The molecule has 18 heavy (non-hydrogen) atoms. The van der Waals surface area contributed by atoms with Crippen molar-refractivity contribution in [2.24, 2.45) is 0 Å². The fourth-order valence-corrected chi connectivity index (χ4v) is 2.10. The highest BCUT2D eigenvalue weighted by Crippen LogP contribution is 2.29. The summed E-state index contributed by atoms with van der Waals surface area (Å²) in [6.45, 7) is 6.09. The van der Waals surface area contributed by atoms with Crippen LogP contribution in [0, 0.1) is 13.8 Å². The summed E-state index contributed by atoms with van der Waals surface area (Å²) in [6, 6.07) is 3.86. The van der Waals surface area contributed by atoms with Crippen LogP contribution in [-0.4, -0.2) is 17.6 Å². The van der Waals surface area contributed by atoms with Gasteiger partial charge in [0.05, 0.1) is 22.7 Å². The van der Waals surface area contributed by atoms with Crippen molar-refractivity contribution in [2.45, 2.75) is 20.8 Å². The van der Waals surface area contributed by atoms with Gasteiger partial charge in [-0.05, 0) is 31.9 Å². The molecule has 4 heteroatoms. The summed E-state index contributed by atoms with van der Waals surface area (Å²) >= 11 is 6.26. The fourth-order valence-electron chi connectivity index (χ4n) is 1.83. The van der Waals surface area contributed by atoms with E-state index in [9.17, 15) is 4.79 Å². The maximum absolute atomic E-state index is 11.7. The van der Waals surface area contributed by atoms with E-state index >= 15 is 0 Å². The summed E-state index contributed by atoms with van der Waals surface area (Å²) < 4.78 is 4.95. The highest BCUT2D eigenvalue weighted by Gasteiger charge is 2.16. The molecule has 0 unspecified atom stereocenters. The van der Waals surface area contributed by atoms with Gasteiger partial charge >= 0.3 is 5.97 Å². The Balaban J connectivity index is 2.65. The van der Waals surface area contributed by atoms with Gasteiger partial charge in [-0.1, -0.05) is 23.7 Å². The van der Waals surface area contributed by atoms with E-state index in [4.69, 9.17) is 16.3 Å². The number of carbonyl (C=O) groups excluding carboxylic acids is 1. The number of nitrogens with zero attached hydrogens (tertiary/aromatic N) is 1. The van der Waals surface area contributed by atoms with E-state index in [1.54, 1.807) is 6.92 Å². The second-order valence-electron chi connectivity index (χ2n) is 4.11. The van der Waals surface area contributed by atoms with E-state index in [2.05, 4.69) is 4.98 Å². The Labute approximate surface area is 111 Å². The van der Waals surface area contributed by atoms with Gasteiger partial charge in [-0.25, -0.2) is 4.79 Å². The van der Waals surface area contributed by atoms with Gasteiger partial charge in [0.1, 0.15) is 0 Å². The minimum absolute atomic E-state index is 0.314. The number of aromatic nitrogens is 1. The average Bonchev–Trinajstić information content (AvgIpc) is 2.34. The Bertz CT molecular complexity index is 623. The molecule has 1 heterocycles. The molecule has 2 rings (SSSR count). The van der Waals surface area contributed by atoms with E-state index in [0.29, 0.717) is 17.2 Å². The maximum atomic E-state index is 11.7. The van der Waals surface area contributed by atoms with E-state index < -0.39 is 5.97 Å². The van der Waals surface area contributed by atoms with Gasteiger partial charge < -0.3 is 4.74 Å². The molecule has 0 aliphatic carbocycles. The lowest BCUT2D eigenvalue weighted by atomic mass is 10.0. The molecule has 3 nitrogen and oxygen atoms in total. The number of pyridine rings is 1. The summed E-state index contributed by atoms with van der Waals surface area (Å²) in [6.07, 6.45) is 1.48. The number of halogens is 1. The summed E-state index contributed by atoms with van der Waals surface area (Å²) in [5.41, 5.74) is 3.36. The Morgan fingerprint density at radius 2 is 2.11 bits per heavy atom. The molecule has 0 radical (unpaired) electrons. The number of benzene rings is 1. The topological polar surface area (TPSA) is 39.2 Å². The molecule has 0 saturated carbocycles. The molecule has 0 atom stereocenters. The first-order valence-corrected chi connectivity index (χ1v) is 6.15. The molecule has 0 saturated heterocycles. The third-order valence-corrected chi connectivity index (χ3v) is 3.40. The van der Waals surface area contributed by atoms with Crippen molar-refractivity contribution in [1.82, 2.24) is 4.98 Å². The van der Waals surface area contributed by atoms with Crippen molar-refractivity contribution < 1.29 is 9.53 Å². The molecule has 0 aliphatic rings. The van der Waals surface area contributed by atoms with Gasteiger partial charge in [0.15, 0.2) is 0 Å². The van der Waals surface area contributed by atoms with Gasteiger partial charge in [-0.2, -0.15) is 0 Å². The van der Waals surface area contributed by atoms with Crippen molar-refractivity contribution >= 4 is 28.5 Å². The van der Waals surface area contributed by atoms with Crippen molar-refractivity contribution in [3.8, 4) is 0 Å². The average molecular weight is 264 g/mol. The lowest BCUT2D eigenvalue weighted by Crippen LogP contribution is -2.06. The number of carbonyl (C=O) groups is 1. The molecule has 1 aromatic carbocycles. The van der Waals surface area contributed by atoms with Crippen LogP contribution >= 0.6 is 11.6 Å². The number of aryl methyl sites for hydroxylation is 2. The molecule has 0 aliphatic heterocycles. The van der Waals surface area contributed by atoms with Gasteiger partial charge in [0.25, 0.3) is 0 Å². The molecular formula is C14H14ClNO2. The fraction of sp³-hybridized carbons (Fsp3) is 0.286. The first kappa shape index (κ1) is 12.8. The molecule has 0 amide bonds. The standard InChI is InChI=1S/C14H14ClNO2/c1-4-18-14(17)11-7-16-13-9(3)8(2)5-6-10(13)12(11)15/h5-7H,4H2,1-3H3. The zero-order valence-electron chi connectivity index (χ0n) is 10.6. The van der Waals surface area contributed by atoms with Crippen LogP contribution < -0.4 is 0 Å². The smallest absolute Gasteiger partial charge is 0.341 e. The van der Waals surface area contributed by atoms with Gasteiger partial charge in [-0.3, -0.25) is 4.98 Å². The molecular weight excluding hydrogens is 250 g/mol. The normalized spacial score (nSPS) is 10.7. The second-order valence-corrected chi connectivity index (χ2v) is 4.49. The Hall–Kier alpha value is -1.61. The van der Waals surface area contributed by atoms with Crippen molar-refractivity contribution in [3.63, 3.8) is 0 Å². The van der Waals surface area contributed by atoms with Crippen LogP contribution in [0.4, 0.5) is 0 Å². The molecule has 94 valence electrons. The number of hydrogen-bond donors (Lipinski definition) is 0. The van der Waals surface area contributed by atoms with Crippen molar-refractivity contribution in [3.05, 3.63) is 40.0 Å². The zero-order chi connectivity index (χ0) is 13.3. The molecule has 2 aromatic rings. The number of fused-ring (bicyclic) bond motifs is 1. The van der Waals surface area contributed by atoms with Crippen LogP contribution in [0.25, 0.3) is 10.9 Å². The van der Waals surface area contributed by atoms with Gasteiger partial charge in [0, 0.05) is 11.6 Å². The molecule has 0 bridgehead atoms. The zero-order valence-corrected chi connectivity index (χ0v) is 11.3. The quantitative estimate of drug-likeness (QED) is 0.776. The van der Waals surface area contributed by atoms with Gasteiger partial charge in [0.2, 0.25) is 0 Å². The van der Waals surface area contributed by atoms with Crippen LogP contribution in [-0.2, 0) is 4.74 Å². The lowest BCUT2D eigenvalue weighted by Gasteiger charge is -2.09. The van der Waals surface area contributed by atoms with Crippen LogP contribution in [0.1, 0.15) is 28.4 Å². The highest BCUT2D eigenvalue weighted by molar-refractivity contribution is 6.38. The predicted molar refractivity (Wildman–Crippen MR) is 72.2 cm³/mol. The van der Waals surface area contributed by atoms with E-state index in [1.807, 2.05) is 26.0 Å². The van der Waals surface area contributed by atoms with Crippen molar-refractivity contribution in [2.75, 3.05) is 6.61 Å². The van der Waals surface area contributed by atoms with E-state index in [1.165, 1.54) is 6.20 Å². The van der Waals surface area contributed by atoms with Crippen LogP contribution in [0.15, 0.2) is 18.3 Å². The Morgan fingerprint density at radius 3 is 2.78 bits per heavy atom. The Morgan fingerprint density at radius 1 is 1.39 bits per heavy atom. The maximum Gasteiger partial charge on any atom is 0.341 e. The summed E-state index contributed by atoms with van der Waals surface area (Å²) in [5.74, 6) is -0.435. The number of hydrogen-bond acceptors (Lipinski definition) is 3. The third kappa shape index (κ3) is 2.06. The molecule has 0 N–H and O–H groups in total. The first-order valence-electron chi connectivity index (χ1n) is 5.77. The summed E-state index contributed by atoms with van der Waals surface area (Å²) in [7, 11) is 0. The Kier molecular flexibility index (Phi) is 3.53. The second kappa shape index (κ2) is 4.94. The highest BCUT2D eigenvalue weighted by atomic mass is 35.5. The summed E-state index contributed by atoms with van der Waals surface area (Å²) in [5, 5.41) is 1.19. The monoisotopic (exact) mass is 263 g/mol. The van der Waals surface area contributed by atoms with Crippen molar-refractivity contribution in [1.29, 1.82) is 0 Å². The van der Waals surface area contributed by atoms with Crippen LogP contribution in [0.3, 0.4) is 0 Å². The van der Waals surface area contributed by atoms with E-state index in [-0.39, 0.29) is 0 Å². The minimum atomic E-state index is -0.435. The van der Waals surface area contributed by atoms with E-state index in [0.717, 1.165) is 22.0 Å². The number of rotatable bonds is 2. The largest absolute Gasteiger partial charge is 0.462 e. The minimum Gasteiger partial charge on any atom is -0.462 e. The lowest BCUT2D eigenvalue weighted by molar-refractivity contribution is 0.0526. The van der Waals surface area contributed by atoms with Gasteiger partial charge in [-0.15, -0.1) is 0 Å². The van der Waals surface area contributed by atoms with Crippen LogP contribution in [0.5, 0.6) is 0 Å².